The zero-order valence-corrected chi connectivity index (χ0v) is 13.8. The summed E-state index contributed by atoms with van der Waals surface area (Å²) in [6.07, 6.45) is 0. The molecule has 1 aromatic heterocycles. The summed E-state index contributed by atoms with van der Waals surface area (Å²) >= 11 is 1.55. The van der Waals surface area contributed by atoms with Crippen LogP contribution >= 0.6 is 11.3 Å². The summed E-state index contributed by atoms with van der Waals surface area (Å²) < 4.78 is 2.07. The molecule has 0 bridgehead atoms. The second-order valence-corrected chi connectivity index (χ2v) is 6.29. The average Bonchev–Trinajstić information content (AvgIpc) is 2.91. The molecule has 0 aliphatic heterocycles. The number of para-hydroxylation sites is 1. The fourth-order valence-electron chi connectivity index (χ4n) is 2.43. The van der Waals surface area contributed by atoms with E-state index in [2.05, 4.69) is 34.2 Å². The van der Waals surface area contributed by atoms with Crippen LogP contribution in [0.4, 0.5) is 0 Å². The Bertz CT molecular complexity index is 880. The predicted octanol–water partition coefficient (Wildman–Crippen LogP) is 3.47. The van der Waals surface area contributed by atoms with Gasteiger partial charge in [-0.1, -0.05) is 59.9 Å². The van der Waals surface area contributed by atoms with Crippen LogP contribution in [0.5, 0.6) is 0 Å². The summed E-state index contributed by atoms with van der Waals surface area (Å²) in [5.74, 6) is -0.183. The minimum Gasteiger partial charge on any atom is -0.283 e. The lowest BCUT2D eigenvalue weighted by molar-refractivity contribution is -0.119. The second kappa shape index (κ2) is 6.62. The Balaban J connectivity index is 2.28. The van der Waals surface area contributed by atoms with Gasteiger partial charge in [0, 0.05) is 17.5 Å². The van der Waals surface area contributed by atoms with Gasteiger partial charge in [-0.15, -0.1) is 5.10 Å². The quantitative estimate of drug-likeness (QED) is 0.737. The van der Waals surface area contributed by atoms with E-state index in [1.807, 2.05) is 48.5 Å². The van der Waals surface area contributed by atoms with Gasteiger partial charge in [0.1, 0.15) is 0 Å². The molecular formula is C18H17N3OS. The van der Waals surface area contributed by atoms with E-state index in [9.17, 15) is 4.79 Å². The molecule has 0 unspecified atom stereocenters. The fourth-order valence-corrected chi connectivity index (χ4v) is 3.39. The maximum absolute atomic E-state index is 11.2. The molecule has 5 heteroatoms. The molecule has 0 atom stereocenters. The van der Waals surface area contributed by atoms with Crippen molar-refractivity contribution in [2.45, 2.75) is 13.8 Å². The summed E-state index contributed by atoms with van der Waals surface area (Å²) in [4.78, 5) is 13.1. The first-order valence-corrected chi connectivity index (χ1v) is 8.12. The Morgan fingerprint density at radius 3 is 2.26 bits per heavy atom. The molecule has 1 amide bonds. The number of hydrogen-bond donors (Lipinski definition) is 1. The van der Waals surface area contributed by atoms with Crippen molar-refractivity contribution in [2.75, 3.05) is 0 Å². The smallest absolute Gasteiger partial charge is 0.237 e. The summed E-state index contributed by atoms with van der Waals surface area (Å²) in [6.45, 7) is 3.52. The van der Waals surface area contributed by atoms with Crippen LogP contribution in [0, 0.1) is 6.92 Å². The van der Waals surface area contributed by atoms with Gasteiger partial charge in [-0.25, -0.2) is 5.43 Å². The third-order valence-electron chi connectivity index (χ3n) is 3.36. The zero-order valence-electron chi connectivity index (χ0n) is 13.0. The molecule has 0 aliphatic rings. The van der Waals surface area contributed by atoms with Gasteiger partial charge in [0.15, 0.2) is 0 Å². The molecule has 1 N–H and O–H groups in total. The first-order valence-electron chi connectivity index (χ1n) is 7.30. The van der Waals surface area contributed by atoms with Gasteiger partial charge in [-0.2, -0.15) is 0 Å². The molecule has 0 spiro atoms. The number of carbonyl (C=O) groups is 1. The summed E-state index contributed by atoms with van der Waals surface area (Å²) in [5.41, 5.74) is 5.76. The number of nitrogens with zero attached hydrogens (tertiary/aromatic N) is 2. The van der Waals surface area contributed by atoms with Crippen molar-refractivity contribution in [2.24, 2.45) is 5.10 Å². The Morgan fingerprint density at radius 1 is 1.04 bits per heavy atom. The van der Waals surface area contributed by atoms with Crippen LogP contribution in [0.3, 0.4) is 0 Å². The molecule has 0 saturated heterocycles. The number of rotatable bonds is 3. The van der Waals surface area contributed by atoms with E-state index in [1.54, 1.807) is 11.3 Å². The molecule has 0 aliphatic carbocycles. The van der Waals surface area contributed by atoms with Crippen LogP contribution in [0.2, 0.25) is 0 Å². The maximum Gasteiger partial charge on any atom is 0.237 e. The second-order valence-electron chi connectivity index (χ2n) is 5.11. The van der Waals surface area contributed by atoms with Gasteiger partial charge < -0.3 is 0 Å². The average molecular weight is 323 g/mol. The van der Waals surface area contributed by atoms with Gasteiger partial charge in [0.05, 0.1) is 5.69 Å². The van der Waals surface area contributed by atoms with Crippen molar-refractivity contribution in [1.29, 1.82) is 0 Å². The summed E-state index contributed by atoms with van der Waals surface area (Å²) in [5, 5.41) is 4.27. The highest BCUT2D eigenvalue weighted by atomic mass is 32.1. The molecule has 3 aromatic rings. The van der Waals surface area contributed by atoms with Crippen molar-refractivity contribution in [1.82, 2.24) is 9.99 Å². The molecule has 2 aromatic carbocycles. The third-order valence-corrected chi connectivity index (χ3v) is 4.32. The van der Waals surface area contributed by atoms with E-state index >= 15 is 0 Å². The number of nitrogens with one attached hydrogen (secondary N) is 1. The van der Waals surface area contributed by atoms with Crippen molar-refractivity contribution in [3.8, 4) is 16.9 Å². The highest BCUT2D eigenvalue weighted by Gasteiger charge is 2.14. The minimum atomic E-state index is -0.183. The Kier molecular flexibility index (Phi) is 4.39. The van der Waals surface area contributed by atoms with Crippen LogP contribution in [0.1, 0.15) is 11.8 Å². The van der Waals surface area contributed by atoms with Gasteiger partial charge in [-0.3, -0.25) is 9.36 Å². The van der Waals surface area contributed by atoms with Crippen molar-refractivity contribution in [3.05, 3.63) is 70.3 Å². The number of amides is 1. The summed E-state index contributed by atoms with van der Waals surface area (Å²) in [6, 6.07) is 20.2. The lowest BCUT2D eigenvalue weighted by atomic mass is 10.1. The Hall–Kier alpha value is -2.66. The number of carbonyl (C=O) groups excluding carboxylic acids is 1. The van der Waals surface area contributed by atoms with Crippen LogP contribution in [0.15, 0.2) is 65.8 Å². The number of thiazole rings is 1. The SMILES string of the molecule is CC(=O)NN=c1sc(C)c(-c2ccccc2)n1-c1ccccc1. The van der Waals surface area contributed by atoms with Crippen LogP contribution < -0.4 is 10.2 Å². The van der Waals surface area contributed by atoms with E-state index in [-0.39, 0.29) is 5.91 Å². The molecule has 23 heavy (non-hydrogen) atoms. The number of benzene rings is 2. The lowest BCUT2D eigenvalue weighted by Crippen LogP contribution is -2.22. The first kappa shape index (κ1) is 15.2. The first-order chi connectivity index (χ1) is 11.2. The predicted molar refractivity (Wildman–Crippen MR) is 93.2 cm³/mol. The topological polar surface area (TPSA) is 46.4 Å². The monoisotopic (exact) mass is 323 g/mol. The molecule has 4 nitrogen and oxygen atoms in total. The largest absolute Gasteiger partial charge is 0.283 e. The fraction of sp³-hybridized carbons (Fsp3) is 0.111. The standard InChI is InChI=1S/C18H17N3OS/c1-13-17(15-9-5-3-6-10-15)21(16-11-7-4-8-12-16)18(23-13)20-19-14(2)22/h3-12H,1-2H3,(H,19,22). The van der Waals surface area contributed by atoms with Crippen molar-refractivity contribution >= 4 is 17.2 Å². The maximum atomic E-state index is 11.2. The van der Waals surface area contributed by atoms with E-state index in [1.165, 1.54) is 6.92 Å². The molecule has 1 heterocycles. The molecule has 0 saturated carbocycles. The molecule has 0 radical (unpaired) electrons. The lowest BCUT2D eigenvalue weighted by Gasteiger charge is -2.10. The molecule has 116 valence electrons. The van der Waals surface area contributed by atoms with Gasteiger partial charge in [-0.05, 0) is 24.6 Å². The van der Waals surface area contributed by atoms with Gasteiger partial charge in [0.2, 0.25) is 10.7 Å². The summed E-state index contributed by atoms with van der Waals surface area (Å²) in [7, 11) is 0. The van der Waals surface area contributed by atoms with Crippen LogP contribution in [-0.4, -0.2) is 10.5 Å². The highest BCUT2D eigenvalue weighted by Crippen LogP contribution is 2.27. The van der Waals surface area contributed by atoms with E-state index in [0.29, 0.717) is 0 Å². The third kappa shape index (κ3) is 3.24. The highest BCUT2D eigenvalue weighted by molar-refractivity contribution is 7.09. The van der Waals surface area contributed by atoms with Crippen molar-refractivity contribution < 1.29 is 4.79 Å². The van der Waals surface area contributed by atoms with Gasteiger partial charge in [0.25, 0.3) is 0 Å². The van der Waals surface area contributed by atoms with Crippen LogP contribution in [-0.2, 0) is 4.79 Å². The van der Waals surface area contributed by atoms with E-state index in [4.69, 9.17) is 0 Å². The van der Waals surface area contributed by atoms with E-state index in [0.717, 1.165) is 26.6 Å². The normalized spacial score (nSPS) is 11.5. The zero-order chi connectivity index (χ0) is 16.2. The van der Waals surface area contributed by atoms with E-state index < -0.39 is 0 Å². The van der Waals surface area contributed by atoms with Gasteiger partial charge >= 0.3 is 0 Å². The molecular weight excluding hydrogens is 306 g/mol. The Morgan fingerprint density at radius 2 is 1.65 bits per heavy atom. The molecule has 3 rings (SSSR count). The number of aromatic nitrogens is 1. The molecule has 0 fully saturated rings. The van der Waals surface area contributed by atoms with Crippen LogP contribution in [0.25, 0.3) is 16.9 Å². The number of hydrogen-bond acceptors (Lipinski definition) is 3. The Labute approximate surface area is 138 Å². The minimum absolute atomic E-state index is 0.183. The van der Waals surface area contributed by atoms with Crippen molar-refractivity contribution in [3.63, 3.8) is 0 Å². The number of aryl methyl sites for hydroxylation is 1.